The quantitative estimate of drug-likeness (QED) is 0.618. The van der Waals surface area contributed by atoms with Gasteiger partial charge in [0.25, 0.3) is 6.01 Å². The number of carbonyl (C=O) groups excluding carboxylic acids is 1. The number of nitrogens with zero attached hydrogens (tertiary/aromatic N) is 4. The number of carbonyl (C=O) groups is 1. The molecule has 0 radical (unpaired) electrons. The first-order valence-electron chi connectivity index (χ1n) is 9.97. The number of piperazine rings is 1. The first-order valence-corrected chi connectivity index (χ1v) is 9.97. The fourth-order valence-corrected chi connectivity index (χ4v) is 3.56. The van der Waals surface area contributed by atoms with Gasteiger partial charge in [0, 0.05) is 43.5 Å². The van der Waals surface area contributed by atoms with Gasteiger partial charge < -0.3 is 19.0 Å². The Morgan fingerprint density at radius 1 is 1.27 bits per heavy atom. The van der Waals surface area contributed by atoms with Crippen molar-refractivity contribution in [1.29, 1.82) is 0 Å². The zero-order valence-corrected chi connectivity index (χ0v) is 17.6. The summed E-state index contributed by atoms with van der Waals surface area (Å²) in [6, 6.07) is 8.58. The van der Waals surface area contributed by atoms with Crippen LogP contribution in [0.4, 0.5) is 15.2 Å². The normalized spacial score (nSPS) is 17.4. The van der Waals surface area contributed by atoms with E-state index < -0.39 is 11.4 Å². The summed E-state index contributed by atoms with van der Waals surface area (Å²) in [6.45, 7) is 9.04. The van der Waals surface area contributed by atoms with Gasteiger partial charge in [-0.3, -0.25) is 4.98 Å². The van der Waals surface area contributed by atoms with Crippen molar-refractivity contribution in [2.45, 2.75) is 39.3 Å². The minimum Gasteiger partial charge on any atom is -0.444 e. The molecule has 158 valence electrons. The average molecular weight is 412 g/mol. The molecule has 0 spiro atoms. The fourth-order valence-electron chi connectivity index (χ4n) is 3.56. The van der Waals surface area contributed by atoms with Gasteiger partial charge in [-0.2, -0.15) is 4.98 Å². The van der Waals surface area contributed by atoms with Crippen LogP contribution >= 0.6 is 0 Å². The first-order chi connectivity index (χ1) is 14.2. The van der Waals surface area contributed by atoms with Gasteiger partial charge >= 0.3 is 6.09 Å². The molecule has 1 aliphatic rings. The van der Waals surface area contributed by atoms with E-state index in [4.69, 9.17) is 9.15 Å². The highest BCUT2D eigenvalue weighted by atomic mass is 19.1. The monoisotopic (exact) mass is 412 g/mol. The smallest absolute Gasteiger partial charge is 0.410 e. The summed E-state index contributed by atoms with van der Waals surface area (Å²) in [5.41, 5.74) is 1.57. The van der Waals surface area contributed by atoms with Crippen molar-refractivity contribution in [3.05, 3.63) is 42.3 Å². The lowest BCUT2D eigenvalue weighted by atomic mass is 10.1. The average Bonchev–Trinajstić information content (AvgIpc) is 3.10. The molecule has 1 aliphatic heterocycles. The van der Waals surface area contributed by atoms with E-state index in [1.807, 2.05) is 38.7 Å². The predicted octanol–water partition coefficient (Wildman–Crippen LogP) is 4.47. The molecule has 1 fully saturated rings. The van der Waals surface area contributed by atoms with E-state index in [-0.39, 0.29) is 12.1 Å². The second-order valence-electron chi connectivity index (χ2n) is 8.48. The molecule has 1 atom stereocenters. The molecule has 7 nitrogen and oxygen atoms in total. The lowest BCUT2D eigenvalue weighted by Gasteiger charge is -2.39. The molecule has 8 heteroatoms. The van der Waals surface area contributed by atoms with Crippen LogP contribution in [0.25, 0.3) is 22.4 Å². The molecular weight excluding hydrogens is 387 g/mol. The van der Waals surface area contributed by atoms with E-state index in [0.717, 1.165) is 0 Å². The number of anilines is 1. The van der Waals surface area contributed by atoms with Crippen LogP contribution in [0.15, 0.2) is 40.9 Å². The number of hydrogen-bond acceptors (Lipinski definition) is 6. The number of hydrogen-bond donors (Lipinski definition) is 0. The number of fused-ring (bicyclic) bond motifs is 1. The van der Waals surface area contributed by atoms with E-state index in [9.17, 15) is 9.18 Å². The molecule has 2 aromatic heterocycles. The Kier molecular flexibility index (Phi) is 5.09. The molecule has 30 heavy (non-hydrogen) atoms. The highest BCUT2D eigenvalue weighted by molar-refractivity contribution is 5.90. The van der Waals surface area contributed by atoms with E-state index in [1.165, 1.54) is 12.1 Å². The number of benzene rings is 1. The van der Waals surface area contributed by atoms with Gasteiger partial charge in [0.15, 0.2) is 5.58 Å². The third-order valence-electron chi connectivity index (χ3n) is 4.91. The molecule has 0 bridgehead atoms. The fraction of sp³-hybridized carbons (Fsp3) is 0.409. The summed E-state index contributed by atoms with van der Waals surface area (Å²) in [5, 5.41) is 0. The van der Waals surface area contributed by atoms with Crippen LogP contribution in [0.1, 0.15) is 27.7 Å². The zero-order valence-electron chi connectivity index (χ0n) is 17.6. The Labute approximate surface area is 174 Å². The van der Waals surface area contributed by atoms with Gasteiger partial charge in [-0.1, -0.05) is 6.07 Å². The van der Waals surface area contributed by atoms with Gasteiger partial charge in [-0.15, -0.1) is 0 Å². The molecule has 3 heterocycles. The maximum absolute atomic E-state index is 14.2. The van der Waals surface area contributed by atoms with Crippen molar-refractivity contribution in [3.63, 3.8) is 0 Å². The number of rotatable bonds is 2. The van der Waals surface area contributed by atoms with Crippen LogP contribution in [0.2, 0.25) is 0 Å². The molecule has 4 rings (SSSR count). The summed E-state index contributed by atoms with van der Waals surface area (Å²) < 4.78 is 25.7. The summed E-state index contributed by atoms with van der Waals surface area (Å²) in [6.07, 6.45) is 1.33. The molecule has 1 saturated heterocycles. The molecule has 0 aliphatic carbocycles. The van der Waals surface area contributed by atoms with Crippen LogP contribution < -0.4 is 4.90 Å². The van der Waals surface area contributed by atoms with Gasteiger partial charge in [0.1, 0.15) is 16.9 Å². The molecule has 3 aromatic rings. The predicted molar refractivity (Wildman–Crippen MR) is 112 cm³/mol. The number of halogens is 1. The van der Waals surface area contributed by atoms with E-state index in [1.54, 1.807) is 23.2 Å². The number of ether oxygens (including phenoxy) is 1. The van der Waals surface area contributed by atoms with Crippen molar-refractivity contribution in [1.82, 2.24) is 14.9 Å². The number of amides is 1. The molecule has 1 aromatic carbocycles. The van der Waals surface area contributed by atoms with Gasteiger partial charge in [0.2, 0.25) is 0 Å². The highest BCUT2D eigenvalue weighted by Crippen LogP contribution is 2.33. The SMILES string of the molecule is CC1CN(C(=O)OC(C)(C)C)CCN1c1nc2cc(F)cc(-c3ccccn3)c2o1. The van der Waals surface area contributed by atoms with Crippen LogP contribution in [0, 0.1) is 5.82 Å². The maximum Gasteiger partial charge on any atom is 0.410 e. The first kappa shape index (κ1) is 20.1. The Balaban J connectivity index is 1.60. The highest BCUT2D eigenvalue weighted by Gasteiger charge is 2.32. The molecule has 0 N–H and O–H groups in total. The van der Waals surface area contributed by atoms with Gasteiger partial charge in [-0.25, -0.2) is 9.18 Å². The second kappa shape index (κ2) is 7.59. The van der Waals surface area contributed by atoms with E-state index in [2.05, 4.69) is 9.97 Å². The Morgan fingerprint density at radius 3 is 2.73 bits per heavy atom. The van der Waals surface area contributed by atoms with Crippen molar-refractivity contribution in [2.75, 3.05) is 24.5 Å². The van der Waals surface area contributed by atoms with Crippen LogP contribution in [-0.4, -0.2) is 52.2 Å². The minimum absolute atomic E-state index is 0.0394. The molecule has 0 saturated carbocycles. The molecule has 1 amide bonds. The van der Waals surface area contributed by atoms with E-state index >= 15 is 0 Å². The minimum atomic E-state index is -0.538. The van der Waals surface area contributed by atoms with Crippen LogP contribution in [-0.2, 0) is 4.74 Å². The summed E-state index contributed by atoms with van der Waals surface area (Å²) in [4.78, 5) is 24.9. The standard InChI is InChI=1S/C22H25FN4O3/c1-14-13-26(21(28)30-22(2,3)4)9-10-27(14)20-25-18-12-15(23)11-16(19(18)29-20)17-7-5-6-8-24-17/h5-8,11-12,14H,9-10,13H2,1-4H3. The zero-order chi connectivity index (χ0) is 21.5. The topological polar surface area (TPSA) is 71.7 Å². The molecular formula is C22H25FN4O3. The maximum atomic E-state index is 14.2. The number of oxazole rings is 1. The van der Waals surface area contributed by atoms with Crippen LogP contribution in [0.3, 0.4) is 0 Å². The largest absolute Gasteiger partial charge is 0.444 e. The second-order valence-corrected chi connectivity index (χ2v) is 8.48. The lowest BCUT2D eigenvalue weighted by molar-refractivity contribution is 0.0216. The number of aromatic nitrogens is 2. The summed E-state index contributed by atoms with van der Waals surface area (Å²) in [5.74, 6) is -0.397. The van der Waals surface area contributed by atoms with Crippen LogP contribution in [0.5, 0.6) is 0 Å². The van der Waals surface area contributed by atoms with Crippen molar-refractivity contribution >= 4 is 23.2 Å². The van der Waals surface area contributed by atoms with Crippen molar-refractivity contribution in [3.8, 4) is 11.3 Å². The third kappa shape index (κ3) is 4.08. The number of pyridine rings is 1. The Morgan fingerprint density at radius 2 is 2.07 bits per heavy atom. The van der Waals surface area contributed by atoms with Gasteiger partial charge in [0.05, 0.1) is 5.69 Å². The summed E-state index contributed by atoms with van der Waals surface area (Å²) in [7, 11) is 0. The van der Waals surface area contributed by atoms with E-state index in [0.29, 0.717) is 48.0 Å². The van der Waals surface area contributed by atoms with Gasteiger partial charge in [-0.05, 0) is 45.9 Å². The van der Waals surface area contributed by atoms with Crippen molar-refractivity contribution < 1.29 is 18.3 Å². The molecule has 1 unspecified atom stereocenters. The Hall–Kier alpha value is -3.16. The third-order valence-corrected chi connectivity index (χ3v) is 4.91. The van der Waals surface area contributed by atoms with Crippen molar-refractivity contribution in [2.24, 2.45) is 0 Å². The lowest BCUT2D eigenvalue weighted by Crippen LogP contribution is -2.54. The Bertz CT molecular complexity index is 1060. The summed E-state index contributed by atoms with van der Waals surface area (Å²) >= 11 is 0.